The van der Waals surface area contributed by atoms with Crippen molar-refractivity contribution in [3.05, 3.63) is 62.4 Å². The highest BCUT2D eigenvalue weighted by molar-refractivity contribution is 6.01. The van der Waals surface area contributed by atoms with Crippen LogP contribution in [0.5, 0.6) is 0 Å². The van der Waals surface area contributed by atoms with Crippen LogP contribution in [0.4, 0.5) is 5.69 Å². The molecule has 1 aromatic heterocycles. The maximum Gasteiger partial charge on any atom is 0.339 e. The maximum absolute atomic E-state index is 12.0. The van der Waals surface area contributed by atoms with E-state index in [1.807, 2.05) is 4.98 Å². The van der Waals surface area contributed by atoms with Gasteiger partial charge < -0.3 is 15.0 Å². The molecule has 114 valence electrons. The number of amides is 1. The minimum absolute atomic E-state index is 0.168. The molecule has 0 atom stereocenters. The zero-order valence-corrected chi connectivity index (χ0v) is 11.6. The van der Waals surface area contributed by atoms with Gasteiger partial charge in [-0.25, -0.2) is 9.59 Å². The molecular formula is C14H13N3O5. The van der Waals surface area contributed by atoms with Gasteiger partial charge in [-0.15, -0.1) is 0 Å². The van der Waals surface area contributed by atoms with Gasteiger partial charge in [0.2, 0.25) is 5.91 Å². The number of aromatic nitrogens is 2. The van der Waals surface area contributed by atoms with Crippen molar-refractivity contribution in [3.63, 3.8) is 0 Å². The molecule has 2 aromatic rings. The van der Waals surface area contributed by atoms with Crippen molar-refractivity contribution in [3.8, 4) is 0 Å². The molecule has 8 heteroatoms. The van der Waals surface area contributed by atoms with E-state index < -0.39 is 23.1 Å². The van der Waals surface area contributed by atoms with Crippen molar-refractivity contribution in [2.75, 3.05) is 12.4 Å². The second-order valence-electron chi connectivity index (χ2n) is 4.38. The molecule has 0 spiro atoms. The van der Waals surface area contributed by atoms with Gasteiger partial charge in [-0.1, -0.05) is 12.1 Å². The Labute approximate surface area is 124 Å². The Morgan fingerprint density at radius 1 is 1.18 bits per heavy atom. The number of benzene rings is 1. The van der Waals surface area contributed by atoms with Gasteiger partial charge in [-0.05, 0) is 12.1 Å². The number of anilines is 1. The van der Waals surface area contributed by atoms with Gasteiger partial charge in [0, 0.05) is 11.8 Å². The summed E-state index contributed by atoms with van der Waals surface area (Å²) in [6, 6.07) is 7.46. The van der Waals surface area contributed by atoms with Crippen LogP contribution in [-0.2, 0) is 16.0 Å². The van der Waals surface area contributed by atoms with E-state index in [9.17, 15) is 19.2 Å². The minimum atomic E-state index is -0.690. The van der Waals surface area contributed by atoms with Gasteiger partial charge in [0.25, 0.3) is 5.56 Å². The van der Waals surface area contributed by atoms with Crippen molar-refractivity contribution in [1.82, 2.24) is 9.97 Å². The Morgan fingerprint density at radius 2 is 1.91 bits per heavy atom. The van der Waals surface area contributed by atoms with Crippen LogP contribution >= 0.6 is 0 Å². The molecule has 8 nitrogen and oxygen atoms in total. The summed E-state index contributed by atoms with van der Waals surface area (Å²) in [6.07, 6.45) is -0.214. The van der Waals surface area contributed by atoms with Crippen molar-refractivity contribution < 1.29 is 14.3 Å². The molecule has 1 heterocycles. The molecule has 1 amide bonds. The number of ether oxygens (including phenoxy) is 1. The first-order chi connectivity index (χ1) is 10.5. The lowest BCUT2D eigenvalue weighted by Gasteiger charge is -2.09. The summed E-state index contributed by atoms with van der Waals surface area (Å²) in [4.78, 5) is 50.2. The first-order valence-corrected chi connectivity index (χ1v) is 6.29. The first kappa shape index (κ1) is 15.2. The van der Waals surface area contributed by atoms with Gasteiger partial charge in [0.15, 0.2) is 0 Å². The quantitative estimate of drug-likeness (QED) is 0.688. The molecule has 0 radical (unpaired) electrons. The summed E-state index contributed by atoms with van der Waals surface area (Å²) >= 11 is 0. The number of nitrogens with one attached hydrogen (secondary N) is 3. The van der Waals surface area contributed by atoms with Crippen LogP contribution in [0.15, 0.2) is 39.9 Å². The zero-order chi connectivity index (χ0) is 16.1. The summed E-state index contributed by atoms with van der Waals surface area (Å²) in [5, 5.41) is 2.54. The van der Waals surface area contributed by atoms with Crippen LogP contribution in [0.25, 0.3) is 0 Å². The van der Waals surface area contributed by atoms with E-state index in [1.165, 1.54) is 13.2 Å². The summed E-state index contributed by atoms with van der Waals surface area (Å²) in [6.45, 7) is 0. The Kier molecular flexibility index (Phi) is 4.52. The number of carbonyl (C=O) groups excluding carboxylic acids is 2. The molecule has 0 fully saturated rings. The summed E-state index contributed by atoms with van der Waals surface area (Å²) in [7, 11) is 1.24. The molecule has 2 rings (SSSR count). The van der Waals surface area contributed by atoms with Crippen molar-refractivity contribution in [1.29, 1.82) is 0 Å². The summed E-state index contributed by atoms with van der Waals surface area (Å²) < 4.78 is 4.63. The fourth-order valence-electron chi connectivity index (χ4n) is 1.86. The molecule has 3 N–H and O–H groups in total. The van der Waals surface area contributed by atoms with Crippen LogP contribution in [0.1, 0.15) is 16.1 Å². The second-order valence-corrected chi connectivity index (χ2v) is 4.38. The standard InChI is InChI=1S/C14H13N3O5/c1-22-13(20)9-4-2-3-5-10(9)16-11(18)6-8-7-12(19)17-14(21)15-8/h2-5,7H,6H2,1H3,(H,16,18)(H2,15,17,19,21). The molecule has 0 unspecified atom stereocenters. The number of methoxy groups -OCH3 is 1. The van der Waals surface area contributed by atoms with E-state index in [2.05, 4.69) is 15.0 Å². The number of hydrogen-bond donors (Lipinski definition) is 3. The fourth-order valence-corrected chi connectivity index (χ4v) is 1.86. The van der Waals surface area contributed by atoms with Crippen LogP contribution in [0.3, 0.4) is 0 Å². The van der Waals surface area contributed by atoms with E-state index >= 15 is 0 Å². The summed E-state index contributed by atoms with van der Waals surface area (Å²) in [5.74, 6) is -1.07. The fraction of sp³-hybridized carbons (Fsp3) is 0.143. The Bertz CT molecular complexity index is 793. The third-order valence-electron chi connectivity index (χ3n) is 2.77. The van der Waals surface area contributed by atoms with Gasteiger partial charge >= 0.3 is 11.7 Å². The first-order valence-electron chi connectivity index (χ1n) is 6.29. The lowest BCUT2D eigenvalue weighted by atomic mass is 10.1. The molecule has 0 aliphatic heterocycles. The molecule has 1 aromatic carbocycles. The van der Waals surface area contributed by atoms with E-state index in [-0.39, 0.29) is 23.4 Å². The Hall–Kier alpha value is -3.16. The normalized spacial score (nSPS) is 10.0. The zero-order valence-electron chi connectivity index (χ0n) is 11.6. The van der Waals surface area contributed by atoms with E-state index in [4.69, 9.17) is 0 Å². The predicted molar refractivity (Wildman–Crippen MR) is 77.8 cm³/mol. The number of aromatic amines is 2. The topological polar surface area (TPSA) is 121 Å². The molecule has 22 heavy (non-hydrogen) atoms. The van der Waals surface area contributed by atoms with Gasteiger partial charge in [0.05, 0.1) is 24.8 Å². The number of para-hydroxylation sites is 1. The number of rotatable bonds is 4. The monoisotopic (exact) mass is 303 g/mol. The van der Waals surface area contributed by atoms with E-state index in [1.54, 1.807) is 18.2 Å². The highest BCUT2D eigenvalue weighted by Crippen LogP contribution is 2.16. The average Bonchev–Trinajstić information content (AvgIpc) is 2.45. The van der Waals surface area contributed by atoms with Crippen molar-refractivity contribution in [2.45, 2.75) is 6.42 Å². The maximum atomic E-state index is 12.0. The number of carbonyl (C=O) groups is 2. The van der Waals surface area contributed by atoms with Gasteiger partial charge in [-0.2, -0.15) is 0 Å². The lowest BCUT2D eigenvalue weighted by Crippen LogP contribution is -2.25. The smallest absolute Gasteiger partial charge is 0.339 e. The molecule has 0 bridgehead atoms. The minimum Gasteiger partial charge on any atom is -0.465 e. The Balaban J connectivity index is 2.17. The molecule has 0 aliphatic carbocycles. The highest BCUT2D eigenvalue weighted by atomic mass is 16.5. The third-order valence-corrected chi connectivity index (χ3v) is 2.77. The third kappa shape index (κ3) is 3.69. The largest absolute Gasteiger partial charge is 0.465 e. The van der Waals surface area contributed by atoms with Crippen molar-refractivity contribution >= 4 is 17.6 Å². The number of H-pyrrole nitrogens is 2. The van der Waals surface area contributed by atoms with Crippen LogP contribution in [-0.4, -0.2) is 29.0 Å². The second kappa shape index (κ2) is 6.53. The Morgan fingerprint density at radius 3 is 2.59 bits per heavy atom. The number of hydrogen-bond acceptors (Lipinski definition) is 5. The average molecular weight is 303 g/mol. The predicted octanol–water partition coefficient (Wildman–Crippen LogP) is 0.0310. The molecule has 0 saturated heterocycles. The van der Waals surface area contributed by atoms with Gasteiger partial charge in [0.1, 0.15) is 0 Å². The lowest BCUT2D eigenvalue weighted by molar-refractivity contribution is -0.115. The molecule has 0 saturated carbocycles. The van der Waals surface area contributed by atoms with E-state index in [0.29, 0.717) is 0 Å². The van der Waals surface area contributed by atoms with Gasteiger partial charge in [-0.3, -0.25) is 14.6 Å². The molecular weight excluding hydrogens is 290 g/mol. The SMILES string of the molecule is COC(=O)c1ccccc1NC(=O)Cc1cc(=O)[nH]c(=O)[nH]1. The van der Waals surface area contributed by atoms with Crippen LogP contribution in [0, 0.1) is 0 Å². The summed E-state index contributed by atoms with van der Waals surface area (Å²) in [5.41, 5.74) is -0.627. The molecule has 0 aliphatic rings. The highest BCUT2D eigenvalue weighted by Gasteiger charge is 2.13. The van der Waals surface area contributed by atoms with Crippen molar-refractivity contribution in [2.24, 2.45) is 0 Å². The van der Waals surface area contributed by atoms with E-state index in [0.717, 1.165) is 6.07 Å². The number of esters is 1. The van der Waals surface area contributed by atoms with Crippen LogP contribution < -0.4 is 16.6 Å². The van der Waals surface area contributed by atoms with Crippen LogP contribution in [0.2, 0.25) is 0 Å².